The number of hydrogen-bond acceptors (Lipinski definition) is 5. The zero-order chi connectivity index (χ0) is 13.1. The first-order valence-electron chi connectivity index (χ1n) is 5.03. The highest BCUT2D eigenvalue weighted by Gasteiger charge is 2.18. The average molecular weight is 247 g/mol. The first-order valence-corrected chi connectivity index (χ1v) is 5.03. The lowest BCUT2D eigenvalue weighted by molar-refractivity contribution is -0.384. The Hall–Kier alpha value is -2.63. The van der Waals surface area contributed by atoms with Crippen molar-refractivity contribution in [2.75, 3.05) is 7.11 Å². The molecule has 6 nitrogen and oxygen atoms in total. The third-order valence-electron chi connectivity index (χ3n) is 2.37. The summed E-state index contributed by atoms with van der Waals surface area (Å²) in [6.45, 7) is 0. The highest BCUT2D eigenvalue weighted by Crippen LogP contribution is 2.32. The molecule has 2 rings (SSSR count). The van der Waals surface area contributed by atoms with E-state index < -0.39 is 4.92 Å². The molecule has 18 heavy (non-hydrogen) atoms. The van der Waals surface area contributed by atoms with Gasteiger partial charge in [0.1, 0.15) is 11.5 Å². The fourth-order valence-electron chi connectivity index (χ4n) is 1.52. The summed E-state index contributed by atoms with van der Waals surface area (Å²) >= 11 is 0. The lowest BCUT2D eigenvalue weighted by Crippen LogP contribution is -1.98. The molecule has 0 fully saturated rings. The predicted octanol–water partition coefficient (Wildman–Crippen LogP) is 2.22. The maximum Gasteiger partial charge on any atom is 0.284 e. The van der Waals surface area contributed by atoms with Gasteiger partial charge < -0.3 is 9.15 Å². The van der Waals surface area contributed by atoms with Crippen molar-refractivity contribution in [3.63, 3.8) is 0 Å². The van der Waals surface area contributed by atoms with Gasteiger partial charge in [-0.25, -0.2) is 0 Å². The van der Waals surface area contributed by atoms with E-state index in [0.29, 0.717) is 5.75 Å². The van der Waals surface area contributed by atoms with Gasteiger partial charge in [0.2, 0.25) is 0 Å². The SMILES string of the molecule is COc1ccc(-c2cc(=O)cco2)c([N+](=O)[O-])c1. The fourth-order valence-corrected chi connectivity index (χ4v) is 1.52. The number of benzene rings is 1. The quantitative estimate of drug-likeness (QED) is 0.613. The van der Waals surface area contributed by atoms with Crippen LogP contribution in [0.15, 0.2) is 45.8 Å². The van der Waals surface area contributed by atoms with Crippen LogP contribution in [0.3, 0.4) is 0 Å². The fraction of sp³-hybridized carbons (Fsp3) is 0.0833. The first kappa shape index (κ1) is 11.8. The van der Waals surface area contributed by atoms with E-state index in [1.165, 1.54) is 37.6 Å². The molecule has 0 aliphatic heterocycles. The van der Waals surface area contributed by atoms with Crippen LogP contribution in [0.5, 0.6) is 5.75 Å². The Morgan fingerprint density at radius 3 is 2.67 bits per heavy atom. The zero-order valence-corrected chi connectivity index (χ0v) is 9.45. The van der Waals surface area contributed by atoms with Crippen molar-refractivity contribution in [2.45, 2.75) is 0 Å². The van der Waals surface area contributed by atoms with Crippen LogP contribution in [0, 0.1) is 10.1 Å². The van der Waals surface area contributed by atoms with Crippen molar-refractivity contribution >= 4 is 5.69 Å². The van der Waals surface area contributed by atoms with Crippen molar-refractivity contribution in [2.24, 2.45) is 0 Å². The van der Waals surface area contributed by atoms with Gasteiger partial charge in [-0.15, -0.1) is 0 Å². The number of rotatable bonds is 3. The van der Waals surface area contributed by atoms with Crippen molar-refractivity contribution in [1.29, 1.82) is 0 Å². The van der Waals surface area contributed by atoms with E-state index in [1.54, 1.807) is 6.07 Å². The van der Waals surface area contributed by atoms with Gasteiger partial charge in [-0.05, 0) is 12.1 Å². The Morgan fingerprint density at radius 2 is 2.06 bits per heavy atom. The van der Waals surface area contributed by atoms with E-state index in [0.717, 1.165) is 0 Å². The summed E-state index contributed by atoms with van der Waals surface area (Å²) in [7, 11) is 1.42. The second-order valence-corrected chi connectivity index (χ2v) is 3.47. The molecule has 1 heterocycles. The number of nitro groups is 1. The molecule has 0 N–H and O–H groups in total. The molecule has 92 valence electrons. The summed E-state index contributed by atoms with van der Waals surface area (Å²) in [5.41, 5.74) is -0.219. The molecule has 0 bridgehead atoms. The normalized spacial score (nSPS) is 10.1. The molecule has 1 aromatic heterocycles. The summed E-state index contributed by atoms with van der Waals surface area (Å²) in [6, 6.07) is 6.76. The second-order valence-electron chi connectivity index (χ2n) is 3.47. The smallest absolute Gasteiger partial charge is 0.284 e. The van der Waals surface area contributed by atoms with Crippen molar-refractivity contribution in [3.8, 4) is 17.1 Å². The van der Waals surface area contributed by atoms with Crippen molar-refractivity contribution in [3.05, 3.63) is 56.9 Å². The number of nitrogens with zero attached hydrogens (tertiary/aromatic N) is 1. The van der Waals surface area contributed by atoms with Gasteiger partial charge in [0.05, 0.1) is 29.9 Å². The summed E-state index contributed by atoms with van der Waals surface area (Å²) in [5.74, 6) is 0.514. The van der Waals surface area contributed by atoms with Gasteiger partial charge in [-0.1, -0.05) is 0 Å². The van der Waals surface area contributed by atoms with Crippen LogP contribution in [0.25, 0.3) is 11.3 Å². The molecule has 0 radical (unpaired) electrons. The molecule has 0 amide bonds. The predicted molar refractivity (Wildman–Crippen MR) is 63.6 cm³/mol. The summed E-state index contributed by atoms with van der Waals surface area (Å²) in [5, 5.41) is 11.0. The Kier molecular flexibility index (Phi) is 3.09. The van der Waals surface area contributed by atoms with Crippen LogP contribution in [-0.2, 0) is 0 Å². The van der Waals surface area contributed by atoms with Gasteiger partial charge in [-0.2, -0.15) is 0 Å². The van der Waals surface area contributed by atoms with Crippen molar-refractivity contribution in [1.82, 2.24) is 0 Å². The summed E-state index contributed by atoms with van der Waals surface area (Å²) in [4.78, 5) is 21.6. The van der Waals surface area contributed by atoms with Crippen LogP contribution < -0.4 is 10.2 Å². The van der Waals surface area contributed by atoms with Crippen LogP contribution >= 0.6 is 0 Å². The summed E-state index contributed by atoms with van der Waals surface area (Å²) < 4.78 is 10.0. The second kappa shape index (κ2) is 4.70. The molecule has 0 aliphatic carbocycles. The lowest BCUT2D eigenvalue weighted by Gasteiger charge is -2.04. The Morgan fingerprint density at radius 1 is 1.28 bits per heavy atom. The van der Waals surface area contributed by atoms with Crippen LogP contribution in [0.4, 0.5) is 5.69 Å². The van der Waals surface area contributed by atoms with E-state index in [-0.39, 0.29) is 22.4 Å². The minimum Gasteiger partial charge on any atom is -0.497 e. The minimum atomic E-state index is -0.551. The van der Waals surface area contributed by atoms with E-state index in [2.05, 4.69) is 0 Å². The lowest BCUT2D eigenvalue weighted by atomic mass is 10.1. The van der Waals surface area contributed by atoms with Crippen LogP contribution in [-0.4, -0.2) is 12.0 Å². The van der Waals surface area contributed by atoms with Crippen LogP contribution in [0.1, 0.15) is 0 Å². The highest BCUT2D eigenvalue weighted by atomic mass is 16.6. The molecule has 6 heteroatoms. The van der Waals surface area contributed by atoms with Gasteiger partial charge in [0, 0.05) is 12.1 Å². The Balaban J connectivity index is 2.63. The third-order valence-corrected chi connectivity index (χ3v) is 2.37. The highest BCUT2D eigenvalue weighted by molar-refractivity contribution is 5.70. The summed E-state index contributed by atoms with van der Waals surface area (Å²) in [6.07, 6.45) is 1.20. The topological polar surface area (TPSA) is 82.6 Å². The third kappa shape index (κ3) is 2.22. The largest absolute Gasteiger partial charge is 0.497 e. The molecular weight excluding hydrogens is 238 g/mol. The Labute approximate surface area is 102 Å². The van der Waals surface area contributed by atoms with E-state index in [1.807, 2.05) is 0 Å². The van der Waals surface area contributed by atoms with Gasteiger partial charge >= 0.3 is 0 Å². The molecule has 0 atom stereocenters. The van der Waals surface area contributed by atoms with Gasteiger partial charge in [0.25, 0.3) is 5.69 Å². The molecule has 0 saturated carbocycles. The standard InChI is InChI=1S/C12H9NO5/c1-17-9-2-3-10(11(7-9)13(15)16)12-6-8(14)4-5-18-12/h2-7H,1H3. The van der Waals surface area contributed by atoms with Crippen molar-refractivity contribution < 1.29 is 14.1 Å². The van der Waals surface area contributed by atoms with Crippen LogP contribution in [0.2, 0.25) is 0 Å². The minimum absolute atomic E-state index is 0.150. The number of nitro benzene ring substituents is 1. The molecular formula is C12H9NO5. The number of methoxy groups -OCH3 is 1. The molecule has 1 aromatic carbocycles. The maximum absolute atomic E-state index is 11.2. The van der Waals surface area contributed by atoms with Gasteiger partial charge in [0.15, 0.2) is 5.43 Å². The molecule has 0 spiro atoms. The molecule has 0 unspecified atom stereocenters. The van der Waals surface area contributed by atoms with E-state index in [9.17, 15) is 14.9 Å². The number of ether oxygens (including phenoxy) is 1. The first-order chi connectivity index (χ1) is 8.61. The van der Waals surface area contributed by atoms with Gasteiger partial charge in [-0.3, -0.25) is 14.9 Å². The molecule has 2 aromatic rings. The molecule has 0 saturated heterocycles. The average Bonchev–Trinajstić information content (AvgIpc) is 2.38. The van der Waals surface area contributed by atoms with E-state index >= 15 is 0 Å². The number of hydrogen-bond donors (Lipinski definition) is 0. The molecule has 0 aliphatic rings. The maximum atomic E-state index is 11.2. The Bertz CT molecular complexity index is 647. The zero-order valence-electron chi connectivity index (χ0n) is 9.45. The monoisotopic (exact) mass is 247 g/mol. The van der Waals surface area contributed by atoms with E-state index in [4.69, 9.17) is 9.15 Å².